The van der Waals surface area contributed by atoms with E-state index in [1.807, 2.05) is 0 Å². The fraction of sp³-hybridized carbons (Fsp3) is 0.111. The molecule has 1 rings (SSSR count). The van der Waals surface area contributed by atoms with Gasteiger partial charge in [0.15, 0.2) is 5.78 Å². The van der Waals surface area contributed by atoms with Crippen LogP contribution in [0.2, 0.25) is 0 Å². The van der Waals surface area contributed by atoms with E-state index in [9.17, 15) is 18.0 Å². The van der Waals surface area contributed by atoms with Gasteiger partial charge in [-0.05, 0) is 12.1 Å². The zero-order chi connectivity index (χ0) is 10.8. The maximum atomic E-state index is 12.3. The smallest absolute Gasteiger partial charge is 0.289 e. The van der Waals surface area contributed by atoms with Crippen molar-refractivity contribution >= 4 is 5.78 Å². The number of nitrogens with zero attached hydrogens (tertiary/aromatic N) is 1. The lowest BCUT2D eigenvalue weighted by molar-refractivity contribution is -0.137. The number of aromatic nitrogens is 1. The molecule has 1 aromatic heterocycles. The Balaban J connectivity index is 3.30. The molecule has 2 nitrogen and oxygen atoms in total. The molecule has 0 aromatic carbocycles. The zero-order valence-corrected chi connectivity index (χ0v) is 7.01. The highest BCUT2D eigenvalue weighted by atomic mass is 19.4. The van der Waals surface area contributed by atoms with Gasteiger partial charge in [0.1, 0.15) is 0 Å². The summed E-state index contributed by atoms with van der Waals surface area (Å²) in [5.41, 5.74) is -1.47. The molecule has 0 saturated carbocycles. The number of alkyl halides is 3. The topological polar surface area (TPSA) is 30.0 Å². The summed E-state index contributed by atoms with van der Waals surface area (Å²) in [5, 5.41) is 0. The standard InChI is InChI=1S/C9H6F3NO/c1-2-8(14)6-5-13-4-3-7(6)9(10,11)12/h2-5H,1H2. The first kappa shape index (κ1) is 10.4. The van der Waals surface area contributed by atoms with E-state index in [-0.39, 0.29) is 0 Å². The Bertz CT molecular complexity index is 371. The van der Waals surface area contributed by atoms with Crippen LogP contribution in [0.5, 0.6) is 0 Å². The van der Waals surface area contributed by atoms with E-state index in [0.29, 0.717) is 0 Å². The largest absolute Gasteiger partial charge is 0.417 e. The number of carbonyl (C=O) groups is 1. The molecule has 0 aliphatic carbocycles. The molecule has 1 heterocycles. The molecule has 0 bridgehead atoms. The first-order chi connectivity index (χ1) is 6.46. The van der Waals surface area contributed by atoms with Crippen LogP contribution in [-0.4, -0.2) is 10.8 Å². The van der Waals surface area contributed by atoms with E-state index in [2.05, 4.69) is 11.6 Å². The van der Waals surface area contributed by atoms with Crippen LogP contribution in [0.15, 0.2) is 31.1 Å². The number of allylic oxidation sites excluding steroid dienone is 1. The van der Waals surface area contributed by atoms with Gasteiger partial charge in [-0.3, -0.25) is 9.78 Å². The highest BCUT2D eigenvalue weighted by Gasteiger charge is 2.34. The summed E-state index contributed by atoms with van der Waals surface area (Å²) in [6.45, 7) is 3.12. The van der Waals surface area contributed by atoms with Crippen LogP contribution < -0.4 is 0 Å². The van der Waals surface area contributed by atoms with Crippen LogP contribution in [0.3, 0.4) is 0 Å². The fourth-order valence-corrected chi connectivity index (χ4v) is 0.948. The molecule has 0 unspecified atom stereocenters. The summed E-state index contributed by atoms with van der Waals surface area (Å²) in [6, 6.07) is 0.761. The molecular weight excluding hydrogens is 195 g/mol. The third kappa shape index (κ3) is 1.99. The Kier molecular flexibility index (Phi) is 2.69. The second-order valence-corrected chi connectivity index (χ2v) is 2.49. The lowest BCUT2D eigenvalue weighted by Gasteiger charge is -2.09. The highest BCUT2D eigenvalue weighted by Crippen LogP contribution is 2.31. The highest BCUT2D eigenvalue weighted by molar-refractivity contribution is 6.05. The number of carbonyl (C=O) groups excluding carboxylic acids is 1. The summed E-state index contributed by atoms with van der Waals surface area (Å²) in [7, 11) is 0. The average Bonchev–Trinajstić information content (AvgIpc) is 2.15. The van der Waals surface area contributed by atoms with Gasteiger partial charge in [-0.25, -0.2) is 0 Å². The number of hydrogen-bond donors (Lipinski definition) is 0. The summed E-state index contributed by atoms with van der Waals surface area (Å²) in [4.78, 5) is 14.5. The van der Waals surface area contributed by atoms with Crippen LogP contribution in [-0.2, 0) is 6.18 Å². The number of pyridine rings is 1. The first-order valence-electron chi connectivity index (χ1n) is 3.65. The quantitative estimate of drug-likeness (QED) is 0.543. The Labute approximate surface area is 78.1 Å². The van der Waals surface area contributed by atoms with E-state index >= 15 is 0 Å². The summed E-state index contributed by atoms with van der Waals surface area (Å²) < 4.78 is 37.0. The maximum Gasteiger partial charge on any atom is 0.417 e. The van der Waals surface area contributed by atoms with Crippen LogP contribution in [0.1, 0.15) is 15.9 Å². The predicted molar refractivity (Wildman–Crippen MR) is 43.8 cm³/mol. The van der Waals surface area contributed by atoms with Crippen LogP contribution in [0.4, 0.5) is 13.2 Å². The van der Waals surface area contributed by atoms with E-state index in [0.717, 1.165) is 24.5 Å². The van der Waals surface area contributed by atoms with Crippen LogP contribution >= 0.6 is 0 Å². The number of rotatable bonds is 2. The second-order valence-electron chi connectivity index (χ2n) is 2.49. The van der Waals surface area contributed by atoms with Gasteiger partial charge < -0.3 is 0 Å². The SMILES string of the molecule is C=CC(=O)c1cnccc1C(F)(F)F. The molecule has 0 spiro atoms. The maximum absolute atomic E-state index is 12.3. The molecule has 0 atom stereocenters. The van der Waals surface area contributed by atoms with Crippen molar-refractivity contribution in [3.63, 3.8) is 0 Å². The average molecular weight is 201 g/mol. The van der Waals surface area contributed by atoms with Crippen molar-refractivity contribution in [2.75, 3.05) is 0 Å². The van der Waals surface area contributed by atoms with E-state index in [4.69, 9.17) is 0 Å². The van der Waals surface area contributed by atoms with E-state index < -0.39 is 23.1 Å². The number of ketones is 1. The van der Waals surface area contributed by atoms with E-state index in [1.165, 1.54) is 0 Å². The Morgan fingerprint density at radius 1 is 1.50 bits per heavy atom. The third-order valence-corrected chi connectivity index (χ3v) is 1.58. The molecule has 5 heteroatoms. The number of halogens is 3. The molecule has 0 amide bonds. The van der Waals surface area contributed by atoms with Gasteiger partial charge in [0.25, 0.3) is 0 Å². The minimum Gasteiger partial charge on any atom is -0.289 e. The molecule has 0 aliphatic heterocycles. The minimum absolute atomic E-state index is 0.477. The first-order valence-corrected chi connectivity index (χ1v) is 3.65. The van der Waals surface area contributed by atoms with Gasteiger partial charge in [-0.2, -0.15) is 13.2 Å². The van der Waals surface area contributed by atoms with E-state index in [1.54, 1.807) is 0 Å². The van der Waals surface area contributed by atoms with Gasteiger partial charge in [0.2, 0.25) is 0 Å². The van der Waals surface area contributed by atoms with Gasteiger partial charge in [0, 0.05) is 12.4 Å². The molecule has 74 valence electrons. The summed E-state index contributed by atoms with van der Waals surface area (Å²) in [5.74, 6) is -0.787. The van der Waals surface area contributed by atoms with Gasteiger partial charge in [0.05, 0.1) is 11.1 Å². The predicted octanol–water partition coefficient (Wildman–Crippen LogP) is 2.47. The Morgan fingerprint density at radius 3 is 2.64 bits per heavy atom. The normalized spacial score (nSPS) is 11.1. The van der Waals surface area contributed by atoms with Crippen molar-refractivity contribution in [2.24, 2.45) is 0 Å². The molecule has 0 aliphatic rings. The summed E-state index contributed by atoms with van der Waals surface area (Å²) in [6.07, 6.45) is -1.85. The van der Waals surface area contributed by atoms with Crippen molar-refractivity contribution in [1.82, 2.24) is 4.98 Å². The Hall–Kier alpha value is -1.65. The molecule has 0 saturated heterocycles. The van der Waals surface area contributed by atoms with Crippen molar-refractivity contribution in [1.29, 1.82) is 0 Å². The molecular formula is C9H6F3NO. The van der Waals surface area contributed by atoms with Crippen molar-refractivity contribution in [3.8, 4) is 0 Å². The van der Waals surface area contributed by atoms with Crippen molar-refractivity contribution in [2.45, 2.75) is 6.18 Å². The van der Waals surface area contributed by atoms with Crippen molar-refractivity contribution < 1.29 is 18.0 Å². The van der Waals surface area contributed by atoms with Gasteiger partial charge in [-0.15, -0.1) is 0 Å². The number of hydrogen-bond acceptors (Lipinski definition) is 2. The fourth-order valence-electron chi connectivity index (χ4n) is 0.948. The van der Waals surface area contributed by atoms with Crippen LogP contribution in [0.25, 0.3) is 0 Å². The second kappa shape index (κ2) is 3.61. The van der Waals surface area contributed by atoms with Crippen LogP contribution in [0, 0.1) is 0 Å². The molecule has 0 N–H and O–H groups in total. The zero-order valence-electron chi connectivity index (χ0n) is 7.01. The third-order valence-electron chi connectivity index (χ3n) is 1.58. The lowest BCUT2D eigenvalue weighted by atomic mass is 10.1. The van der Waals surface area contributed by atoms with Crippen molar-refractivity contribution in [3.05, 3.63) is 42.2 Å². The van der Waals surface area contributed by atoms with Gasteiger partial charge >= 0.3 is 6.18 Å². The summed E-state index contributed by atoms with van der Waals surface area (Å²) >= 11 is 0. The molecule has 0 fully saturated rings. The lowest BCUT2D eigenvalue weighted by Crippen LogP contribution is -2.12. The minimum atomic E-state index is -4.54. The van der Waals surface area contributed by atoms with Gasteiger partial charge in [-0.1, -0.05) is 6.58 Å². The molecule has 14 heavy (non-hydrogen) atoms. The molecule has 1 aromatic rings. The monoisotopic (exact) mass is 201 g/mol. The molecule has 0 radical (unpaired) electrons. The Morgan fingerprint density at radius 2 is 2.14 bits per heavy atom.